The van der Waals surface area contributed by atoms with Crippen LogP contribution in [0, 0.1) is 6.92 Å². The molecule has 0 bridgehead atoms. The maximum atomic E-state index is 9.26. The Balaban J connectivity index is 2.18. The highest BCUT2D eigenvalue weighted by atomic mass is 16.3. The van der Waals surface area contributed by atoms with Gasteiger partial charge in [-0.05, 0) is 30.2 Å². The summed E-state index contributed by atoms with van der Waals surface area (Å²) in [4.78, 5) is 3.23. The Morgan fingerprint density at radius 1 is 1.33 bits per heavy atom. The number of aryl methyl sites for hydroxylation is 2. The summed E-state index contributed by atoms with van der Waals surface area (Å²) in [6, 6.07) is 6.25. The van der Waals surface area contributed by atoms with Gasteiger partial charge in [0.25, 0.3) is 0 Å². The molecule has 0 atom stereocenters. The number of hydrogen-bond donors (Lipinski definition) is 2. The molecule has 18 heavy (non-hydrogen) atoms. The minimum Gasteiger partial charge on any atom is -0.390 e. The summed E-state index contributed by atoms with van der Waals surface area (Å²) in [6.45, 7) is 2.07. The van der Waals surface area contributed by atoms with E-state index in [1.807, 2.05) is 32.4 Å². The number of aliphatic hydroxyl groups is 1. The van der Waals surface area contributed by atoms with E-state index in [0.29, 0.717) is 0 Å². The molecule has 0 saturated heterocycles. The van der Waals surface area contributed by atoms with Crippen LogP contribution in [0.4, 0.5) is 0 Å². The number of fused-ring (bicyclic) bond motifs is 1. The molecule has 1 aromatic carbocycles. The quantitative estimate of drug-likeness (QED) is 0.723. The summed E-state index contributed by atoms with van der Waals surface area (Å²) in [5.41, 5.74) is 5.29. The first-order valence-corrected chi connectivity index (χ1v) is 5.90. The third kappa shape index (κ3) is 1.62. The maximum Gasteiger partial charge on any atom is 0.0833 e. The Morgan fingerprint density at radius 2 is 2.17 bits per heavy atom. The molecule has 2 aromatic heterocycles. The van der Waals surface area contributed by atoms with Crippen LogP contribution in [-0.4, -0.2) is 19.9 Å². The lowest BCUT2D eigenvalue weighted by atomic mass is 10.1. The van der Waals surface area contributed by atoms with Crippen LogP contribution in [-0.2, 0) is 13.7 Å². The molecule has 0 unspecified atom stereocenters. The van der Waals surface area contributed by atoms with Gasteiger partial charge in [-0.2, -0.15) is 5.10 Å². The first kappa shape index (κ1) is 11.0. The second-order valence-corrected chi connectivity index (χ2v) is 4.55. The molecule has 92 valence electrons. The minimum absolute atomic E-state index is 0.0444. The summed E-state index contributed by atoms with van der Waals surface area (Å²) < 4.78 is 1.79. The molecule has 0 spiro atoms. The van der Waals surface area contributed by atoms with Gasteiger partial charge < -0.3 is 10.1 Å². The van der Waals surface area contributed by atoms with Crippen molar-refractivity contribution in [2.24, 2.45) is 7.05 Å². The fraction of sp³-hybridized carbons (Fsp3) is 0.214. The molecule has 3 rings (SSSR count). The minimum atomic E-state index is 0.0444. The summed E-state index contributed by atoms with van der Waals surface area (Å²) >= 11 is 0. The lowest BCUT2D eigenvalue weighted by Crippen LogP contribution is -1.84. The molecule has 0 radical (unpaired) electrons. The highest BCUT2D eigenvalue weighted by Gasteiger charge is 2.08. The average molecular weight is 241 g/mol. The van der Waals surface area contributed by atoms with Crippen molar-refractivity contribution in [2.75, 3.05) is 0 Å². The molecule has 4 heteroatoms. The molecule has 4 nitrogen and oxygen atoms in total. The number of nitrogens with zero attached hydrogens (tertiary/aromatic N) is 2. The zero-order valence-corrected chi connectivity index (χ0v) is 10.4. The van der Waals surface area contributed by atoms with Gasteiger partial charge in [0.15, 0.2) is 0 Å². The largest absolute Gasteiger partial charge is 0.390 e. The first-order chi connectivity index (χ1) is 8.69. The lowest BCUT2D eigenvalue weighted by molar-refractivity contribution is 0.277. The van der Waals surface area contributed by atoms with Crippen molar-refractivity contribution >= 4 is 10.9 Å². The predicted molar refractivity (Wildman–Crippen MR) is 71.2 cm³/mol. The van der Waals surface area contributed by atoms with E-state index < -0.39 is 0 Å². The maximum absolute atomic E-state index is 9.26. The third-order valence-electron chi connectivity index (χ3n) is 3.36. The third-order valence-corrected chi connectivity index (χ3v) is 3.36. The van der Waals surface area contributed by atoms with E-state index in [1.54, 1.807) is 4.68 Å². The summed E-state index contributed by atoms with van der Waals surface area (Å²) in [5.74, 6) is 0. The van der Waals surface area contributed by atoms with Gasteiger partial charge in [0.2, 0.25) is 0 Å². The van der Waals surface area contributed by atoms with Gasteiger partial charge in [-0.3, -0.25) is 4.68 Å². The van der Waals surface area contributed by atoms with E-state index in [2.05, 4.69) is 22.2 Å². The van der Waals surface area contributed by atoms with Gasteiger partial charge in [0, 0.05) is 35.4 Å². The fourth-order valence-corrected chi connectivity index (χ4v) is 2.29. The van der Waals surface area contributed by atoms with E-state index in [0.717, 1.165) is 33.3 Å². The van der Waals surface area contributed by atoms with Gasteiger partial charge >= 0.3 is 0 Å². The van der Waals surface area contributed by atoms with Gasteiger partial charge in [-0.1, -0.05) is 6.07 Å². The molecule has 0 saturated carbocycles. The van der Waals surface area contributed by atoms with Crippen molar-refractivity contribution in [3.8, 4) is 11.1 Å². The van der Waals surface area contributed by atoms with Gasteiger partial charge in [-0.15, -0.1) is 0 Å². The summed E-state index contributed by atoms with van der Waals surface area (Å²) in [6.07, 6.45) is 3.85. The van der Waals surface area contributed by atoms with Crippen LogP contribution in [0.15, 0.2) is 30.6 Å². The smallest absolute Gasteiger partial charge is 0.0833 e. The van der Waals surface area contributed by atoms with Gasteiger partial charge in [-0.25, -0.2) is 0 Å². The number of H-pyrrole nitrogens is 1. The SMILES string of the molecule is Cc1c(CO)[nH]c2ccc(-c3cnn(C)c3)cc12. The van der Waals surface area contributed by atoms with Gasteiger partial charge in [0.1, 0.15) is 0 Å². The van der Waals surface area contributed by atoms with Crippen LogP contribution < -0.4 is 0 Å². The van der Waals surface area contributed by atoms with Crippen molar-refractivity contribution in [3.05, 3.63) is 41.9 Å². The predicted octanol–water partition coefficient (Wildman–Crippen LogP) is 2.37. The van der Waals surface area contributed by atoms with E-state index in [-0.39, 0.29) is 6.61 Å². The number of hydrogen-bond acceptors (Lipinski definition) is 2. The van der Waals surface area contributed by atoms with E-state index in [1.165, 1.54) is 0 Å². The Kier molecular flexibility index (Phi) is 2.45. The molecule has 2 N–H and O–H groups in total. The zero-order valence-electron chi connectivity index (χ0n) is 10.4. The van der Waals surface area contributed by atoms with Crippen molar-refractivity contribution in [2.45, 2.75) is 13.5 Å². The number of aromatic amines is 1. The number of nitrogens with one attached hydrogen (secondary N) is 1. The van der Waals surface area contributed by atoms with Crippen molar-refractivity contribution in [1.29, 1.82) is 0 Å². The van der Waals surface area contributed by atoms with Crippen LogP contribution in [0.5, 0.6) is 0 Å². The lowest BCUT2D eigenvalue weighted by Gasteiger charge is -1.98. The number of aliphatic hydroxyl groups excluding tert-OH is 1. The molecule has 0 amide bonds. The Morgan fingerprint density at radius 3 is 2.83 bits per heavy atom. The topological polar surface area (TPSA) is 53.8 Å². The van der Waals surface area contributed by atoms with Crippen LogP contribution in [0.1, 0.15) is 11.3 Å². The average Bonchev–Trinajstić information content (AvgIpc) is 2.94. The number of aromatic nitrogens is 3. The normalized spacial score (nSPS) is 11.3. The molecule has 0 aliphatic carbocycles. The second-order valence-electron chi connectivity index (χ2n) is 4.55. The molecular formula is C14H15N3O. The van der Waals surface area contributed by atoms with Crippen molar-refractivity contribution in [3.63, 3.8) is 0 Å². The zero-order chi connectivity index (χ0) is 12.7. The van der Waals surface area contributed by atoms with Gasteiger partial charge in [0.05, 0.1) is 12.8 Å². The van der Waals surface area contributed by atoms with Crippen LogP contribution in [0.2, 0.25) is 0 Å². The Labute approximate surface area is 105 Å². The molecule has 0 fully saturated rings. The van der Waals surface area contributed by atoms with Crippen LogP contribution in [0.3, 0.4) is 0 Å². The van der Waals surface area contributed by atoms with Crippen molar-refractivity contribution < 1.29 is 5.11 Å². The van der Waals surface area contributed by atoms with Crippen LogP contribution in [0.25, 0.3) is 22.0 Å². The van der Waals surface area contributed by atoms with Crippen molar-refractivity contribution in [1.82, 2.24) is 14.8 Å². The standard InChI is InChI=1S/C14H15N3O/c1-9-12-5-10(11-6-15-17(2)7-11)3-4-13(12)16-14(9)8-18/h3-7,16,18H,8H2,1-2H3. The Hall–Kier alpha value is -2.07. The number of benzene rings is 1. The molecule has 2 heterocycles. The molecule has 0 aliphatic heterocycles. The van der Waals surface area contributed by atoms with Crippen LogP contribution >= 0.6 is 0 Å². The highest BCUT2D eigenvalue weighted by Crippen LogP contribution is 2.27. The monoisotopic (exact) mass is 241 g/mol. The fourth-order valence-electron chi connectivity index (χ4n) is 2.29. The molecule has 3 aromatic rings. The number of rotatable bonds is 2. The van der Waals surface area contributed by atoms with E-state index >= 15 is 0 Å². The Bertz CT molecular complexity index is 709. The first-order valence-electron chi connectivity index (χ1n) is 5.90. The van der Waals surface area contributed by atoms with E-state index in [4.69, 9.17) is 0 Å². The van der Waals surface area contributed by atoms with E-state index in [9.17, 15) is 5.11 Å². The molecule has 0 aliphatic rings. The summed E-state index contributed by atoms with van der Waals surface area (Å²) in [7, 11) is 1.91. The second kappa shape index (κ2) is 3.99. The molecular weight excluding hydrogens is 226 g/mol. The highest BCUT2D eigenvalue weighted by molar-refractivity contribution is 5.88. The summed E-state index contributed by atoms with van der Waals surface area (Å²) in [5, 5.41) is 14.6.